The van der Waals surface area contributed by atoms with Crippen LogP contribution >= 0.6 is 0 Å². The molecule has 0 aromatic heterocycles. The number of carbonyl (C=O) groups is 1. The summed E-state index contributed by atoms with van der Waals surface area (Å²) in [4.78, 5) is 12.8. The Morgan fingerprint density at radius 3 is 2.36 bits per heavy atom. The third-order valence-electron chi connectivity index (χ3n) is 9.77. The number of ether oxygens (including phenoxy) is 5. The quantitative estimate of drug-likeness (QED) is 0.136. The fourth-order valence-electron chi connectivity index (χ4n) is 7.17. The molecule has 7 nitrogen and oxygen atoms in total. The van der Waals surface area contributed by atoms with Gasteiger partial charge in [-0.05, 0) is 76.6 Å². The lowest BCUT2D eigenvalue weighted by molar-refractivity contribution is -0.384. The Kier molecular flexibility index (Phi) is 10.7. The maximum Gasteiger partial charge on any atom is 0.308 e. The zero-order chi connectivity index (χ0) is 30.7. The maximum absolute atomic E-state index is 12.8. The van der Waals surface area contributed by atoms with E-state index in [1.165, 1.54) is 5.56 Å². The second-order valence-corrected chi connectivity index (χ2v) is 18.8. The molecular weight excluding hydrogens is 548 g/mol. The zero-order valence-electron chi connectivity index (χ0n) is 27.5. The molecule has 0 saturated carbocycles. The van der Waals surface area contributed by atoms with Gasteiger partial charge in [0, 0.05) is 25.9 Å². The molecule has 42 heavy (non-hydrogen) atoms. The van der Waals surface area contributed by atoms with Gasteiger partial charge < -0.3 is 28.1 Å². The molecular formula is C34H56O7Si. The average molecular weight is 605 g/mol. The normalized spacial score (nSPS) is 33.5. The second kappa shape index (κ2) is 13.4. The van der Waals surface area contributed by atoms with E-state index in [1.807, 2.05) is 39.0 Å². The van der Waals surface area contributed by atoms with Crippen LogP contribution < -0.4 is 0 Å². The van der Waals surface area contributed by atoms with Crippen molar-refractivity contribution in [1.82, 2.24) is 0 Å². The van der Waals surface area contributed by atoms with Gasteiger partial charge in [-0.3, -0.25) is 4.79 Å². The fraction of sp³-hybridized carbons (Fsp3) is 0.794. The van der Waals surface area contributed by atoms with Gasteiger partial charge in [-0.1, -0.05) is 58.0 Å². The van der Waals surface area contributed by atoms with Crippen molar-refractivity contribution < 1.29 is 32.9 Å². The minimum atomic E-state index is -1.99. The molecule has 3 saturated heterocycles. The SMILES string of the molecule is CC[Si](CC)(CC)O[C@]1(C)CCC(CC(=O)OC(C)(C)C)OC12CCC1(C[C@@H](C)[C@@H](CCOCc3ccccc3)O1)O2. The van der Waals surface area contributed by atoms with Crippen LogP contribution in [0.1, 0.15) is 106 Å². The molecule has 3 heterocycles. The predicted octanol–water partition coefficient (Wildman–Crippen LogP) is 7.91. The van der Waals surface area contributed by atoms with Crippen LogP contribution in [0.25, 0.3) is 0 Å². The van der Waals surface area contributed by atoms with Crippen LogP contribution in [-0.2, 0) is 39.5 Å². The van der Waals surface area contributed by atoms with Crippen LogP contribution in [0.4, 0.5) is 0 Å². The Balaban J connectivity index is 1.48. The average Bonchev–Trinajstić information content (AvgIpc) is 3.45. The Morgan fingerprint density at radius 1 is 1.02 bits per heavy atom. The summed E-state index contributed by atoms with van der Waals surface area (Å²) < 4.78 is 39.6. The van der Waals surface area contributed by atoms with Crippen molar-refractivity contribution in [2.24, 2.45) is 5.92 Å². The van der Waals surface area contributed by atoms with Gasteiger partial charge >= 0.3 is 5.97 Å². The largest absolute Gasteiger partial charge is 0.460 e. The van der Waals surface area contributed by atoms with E-state index >= 15 is 0 Å². The van der Waals surface area contributed by atoms with Gasteiger partial charge in [-0.25, -0.2) is 0 Å². The van der Waals surface area contributed by atoms with Crippen LogP contribution in [-0.4, -0.2) is 55.9 Å². The minimum Gasteiger partial charge on any atom is -0.460 e. The molecule has 1 aromatic carbocycles. The lowest BCUT2D eigenvalue weighted by Crippen LogP contribution is -2.64. The Hall–Kier alpha value is -1.29. The number of benzene rings is 1. The number of esters is 1. The Bertz CT molecular complexity index is 1020. The maximum atomic E-state index is 12.8. The summed E-state index contributed by atoms with van der Waals surface area (Å²) in [5.74, 6) is -1.57. The van der Waals surface area contributed by atoms with Gasteiger partial charge in [0.2, 0.25) is 0 Å². The van der Waals surface area contributed by atoms with Crippen LogP contribution in [0.5, 0.6) is 0 Å². The summed E-state index contributed by atoms with van der Waals surface area (Å²) in [6, 6.07) is 13.4. The van der Waals surface area contributed by atoms with Crippen molar-refractivity contribution in [3.63, 3.8) is 0 Å². The highest BCUT2D eigenvalue weighted by Gasteiger charge is 2.66. The van der Waals surface area contributed by atoms with Crippen molar-refractivity contribution in [2.45, 2.75) is 160 Å². The molecule has 3 unspecified atom stereocenters. The first-order valence-electron chi connectivity index (χ1n) is 16.4. The molecule has 6 atom stereocenters. The van der Waals surface area contributed by atoms with Gasteiger partial charge in [0.15, 0.2) is 19.9 Å². The highest BCUT2D eigenvalue weighted by molar-refractivity contribution is 6.73. The van der Waals surface area contributed by atoms with Crippen LogP contribution in [0.3, 0.4) is 0 Å². The summed E-state index contributed by atoms with van der Waals surface area (Å²) in [7, 11) is -1.99. The van der Waals surface area contributed by atoms with Gasteiger partial charge in [0.05, 0.1) is 25.2 Å². The smallest absolute Gasteiger partial charge is 0.308 e. The van der Waals surface area contributed by atoms with Crippen molar-refractivity contribution in [3.8, 4) is 0 Å². The standard InChI is InChI=1S/C34H56O7Si/c1-9-42(10-2,11-3)41-32(8)19-17-28(23-30(35)39-31(5,6)7)37-34(32)21-20-33(40-34)24-26(4)29(38-33)18-22-36-25-27-15-13-12-14-16-27/h12-16,26,28-29H,9-11,17-25H2,1-8H3/t26-,28?,29-,32-,33?,34?/m1/s1. The lowest BCUT2D eigenvalue weighted by atomic mass is 9.83. The van der Waals surface area contributed by atoms with Crippen molar-refractivity contribution in [1.29, 1.82) is 0 Å². The number of carbonyl (C=O) groups excluding carboxylic acids is 1. The molecule has 0 radical (unpaired) electrons. The molecule has 0 bridgehead atoms. The molecule has 238 valence electrons. The first kappa shape index (κ1) is 33.6. The van der Waals surface area contributed by atoms with Crippen LogP contribution in [0.2, 0.25) is 18.1 Å². The summed E-state index contributed by atoms with van der Waals surface area (Å²) in [5, 5.41) is 0. The third-order valence-corrected chi connectivity index (χ3v) is 14.5. The van der Waals surface area contributed by atoms with E-state index in [4.69, 9.17) is 28.1 Å². The van der Waals surface area contributed by atoms with Gasteiger partial charge in [-0.15, -0.1) is 0 Å². The Morgan fingerprint density at radius 2 is 1.71 bits per heavy atom. The molecule has 0 amide bonds. The molecule has 0 N–H and O–H groups in total. The summed E-state index contributed by atoms with van der Waals surface area (Å²) >= 11 is 0. The van der Waals surface area contributed by atoms with E-state index in [0.29, 0.717) is 25.6 Å². The number of rotatable bonds is 12. The molecule has 8 heteroatoms. The Labute approximate surface area is 255 Å². The van der Waals surface area contributed by atoms with E-state index in [-0.39, 0.29) is 24.6 Å². The van der Waals surface area contributed by atoms with E-state index in [1.54, 1.807) is 0 Å². The van der Waals surface area contributed by atoms with E-state index in [9.17, 15) is 4.79 Å². The first-order chi connectivity index (χ1) is 19.8. The van der Waals surface area contributed by atoms with Crippen molar-refractivity contribution in [2.75, 3.05) is 6.61 Å². The van der Waals surface area contributed by atoms with Crippen LogP contribution in [0.15, 0.2) is 30.3 Å². The van der Waals surface area contributed by atoms with Crippen molar-refractivity contribution >= 4 is 14.3 Å². The fourth-order valence-corrected chi connectivity index (χ4v) is 10.3. The molecule has 0 aliphatic carbocycles. The second-order valence-electron chi connectivity index (χ2n) is 14.1. The van der Waals surface area contributed by atoms with E-state index < -0.39 is 31.1 Å². The van der Waals surface area contributed by atoms with E-state index in [2.05, 4.69) is 46.8 Å². The molecule has 3 aliphatic rings. The van der Waals surface area contributed by atoms with E-state index in [0.717, 1.165) is 50.2 Å². The number of hydrogen-bond donors (Lipinski definition) is 0. The summed E-state index contributed by atoms with van der Waals surface area (Å²) in [6.07, 6.45) is 4.54. The minimum absolute atomic E-state index is 0.0552. The predicted molar refractivity (Wildman–Crippen MR) is 166 cm³/mol. The highest BCUT2D eigenvalue weighted by Crippen LogP contribution is 2.57. The lowest BCUT2D eigenvalue weighted by Gasteiger charge is -2.54. The summed E-state index contributed by atoms with van der Waals surface area (Å²) in [6.45, 7) is 18.1. The van der Waals surface area contributed by atoms with Gasteiger partial charge in [0.25, 0.3) is 0 Å². The van der Waals surface area contributed by atoms with Crippen LogP contribution in [0, 0.1) is 5.92 Å². The van der Waals surface area contributed by atoms with Crippen molar-refractivity contribution in [3.05, 3.63) is 35.9 Å². The number of hydrogen-bond acceptors (Lipinski definition) is 7. The molecule has 3 fully saturated rings. The highest BCUT2D eigenvalue weighted by atomic mass is 28.4. The zero-order valence-corrected chi connectivity index (χ0v) is 28.5. The molecule has 4 rings (SSSR count). The monoisotopic (exact) mass is 604 g/mol. The topological polar surface area (TPSA) is 72.5 Å². The van der Waals surface area contributed by atoms with Gasteiger partial charge in [-0.2, -0.15) is 0 Å². The molecule has 3 aliphatic heterocycles. The third kappa shape index (κ3) is 7.67. The first-order valence-corrected chi connectivity index (χ1v) is 18.9. The van der Waals surface area contributed by atoms with Gasteiger partial charge in [0.1, 0.15) is 11.2 Å². The molecule has 1 aromatic rings. The summed E-state index contributed by atoms with van der Waals surface area (Å²) in [5.41, 5.74) is 0.0338. The molecule has 2 spiro atoms.